The minimum Gasteiger partial charge on any atom is -0.496 e. The molecule has 0 radical (unpaired) electrons. The number of aromatic amines is 1. The molecule has 1 aromatic carbocycles. The maximum absolute atomic E-state index is 13.0. The maximum Gasteiger partial charge on any atom is 0.269 e. The van der Waals surface area contributed by atoms with Crippen molar-refractivity contribution < 1.29 is 14.3 Å². The second kappa shape index (κ2) is 6.74. The van der Waals surface area contributed by atoms with Crippen molar-refractivity contribution in [2.75, 3.05) is 13.7 Å². The first kappa shape index (κ1) is 16.0. The molecule has 0 saturated carbocycles. The number of para-hydroxylation sites is 1. The Kier molecular flexibility index (Phi) is 4.50. The van der Waals surface area contributed by atoms with E-state index in [0.29, 0.717) is 17.9 Å². The van der Waals surface area contributed by atoms with Crippen LogP contribution >= 0.6 is 0 Å². The Hall–Kier alpha value is -2.83. The van der Waals surface area contributed by atoms with Gasteiger partial charge in [-0.15, -0.1) is 0 Å². The molecule has 0 spiro atoms. The Morgan fingerprint density at radius 2 is 2.12 bits per heavy atom. The molecule has 3 rings (SSSR count). The highest BCUT2D eigenvalue weighted by atomic mass is 16.5. The highest BCUT2D eigenvalue weighted by Gasteiger charge is 2.31. The van der Waals surface area contributed by atoms with E-state index in [-0.39, 0.29) is 17.6 Å². The van der Waals surface area contributed by atoms with Gasteiger partial charge in [0, 0.05) is 6.54 Å². The molecule has 0 aliphatic carbocycles. The lowest BCUT2D eigenvalue weighted by Gasteiger charge is -2.35. The van der Waals surface area contributed by atoms with E-state index in [2.05, 4.69) is 10.2 Å². The standard InChI is InChI=1S/C17H20N4O3/c1-24-15-8-3-2-6-11(15)17(23)21-9-5-4-7-14(21)12-10-13(16(18)22)20-19-12/h2-3,6,8,10,14H,4-5,7,9H2,1H3,(H2,18,22)(H,19,20). The summed E-state index contributed by atoms with van der Waals surface area (Å²) in [4.78, 5) is 26.1. The van der Waals surface area contributed by atoms with Crippen LogP contribution in [0.15, 0.2) is 30.3 Å². The Morgan fingerprint density at radius 3 is 2.83 bits per heavy atom. The number of carbonyl (C=O) groups is 2. The van der Waals surface area contributed by atoms with E-state index in [0.717, 1.165) is 25.0 Å². The monoisotopic (exact) mass is 328 g/mol. The first-order valence-corrected chi connectivity index (χ1v) is 7.91. The molecule has 7 nitrogen and oxygen atoms in total. The predicted octanol–water partition coefficient (Wildman–Crippen LogP) is 1.88. The van der Waals surface area contributed by atoms with Crippen LogP contribution in [0.5, 0.6) is 5.75 Å². The number of rotatable bonds is 4. The number of primary amides is 1. The number of benzene rings is 1. The van der Waals surface area contributed by atoms with Gasteiger partial charge in [0.2, 0.25) is 0 Å². The van der Waals surface area contributed by atoms with Crippen LogP contribution in [0.1, 0.15) is 51.8 Å². The van der Waals surface area contributed by atoms with Gasteiger partial charge in [0.05, 0.1) is 24.4 Å². The van der Waals surface area contributed by atoms with Gasteiger partial charge in [-0.3, -0.25) is 14.7 Å². The number of piperidine rings is 1. The van der Waals surface area contributed by atoms with Crippen molar-refractivity contribution in [3.63, 3.8) is 0 Å². The number of amides is 2. The van der Waals surface area contributed by atoms with Gasteiger partial charge in [0.25, 0.3) is 11.8 Å². The summed E-state index contributed by atoms with van der Waals surface area (Å²) in [6, 6.07) is 8.65. The average Bonchev–Trinajstić information content (AvgIpc) is 3.11. The van der Waals surface area contributed by atoms with Gasteiger partial charge < -0.3 is 15.4 Å². The topological polar surface area (TPSA) is 101 Å². The van der Waals surface area contributed by atoms with Crippen molar-refractivity contribution in [2.45, 2.75) is 25.3 Å². The molecule has 126 valence electrons. The second-order valence-electron chi connectivity index (χ2n) is 5.78. The van der Waals surface area contributed by atoms with Crippen molar-refractivity contribution in [3.05, 3.63) is 47.3 Å². The van der Waals surface area contributed by atoms with Gasteiger partial charge in [-0.1, -0.05) is 12.1 Å². The van der Waals surface area contributed by atoms with E-state index in [4.69, 9.17) is 10.5 Å². The number of carbonyl (C=O) groups excluding carboxylic acids is 2. The van der Waals surface area contributed by atoms with E-state index in [1.165, 1.54) is 0 Å². The highest BCUT2D eigenvalue weighted by molar-refractivity contribution is 5.97. The van der Waals surface area contributed by atoms with Crippen LogP contribution in [-0.2, 0) is 0 Å². The fraction of sp³-hybridized carbons (Fsp3) is 0.353. The van der Waals surface area contributed by atoms with E-state index in [1.807, 2.05) is 12.1 Å². The summed E-state index contributed by atoms with van der Waals surface area (Å²) >= 11 is 0. The predicted molar refractivity (Wildman–Crippen MR) is 87.7 cm³/mol. The number of aromatic nitrogens is 2. The quantitative estimate of drug-likeness (QED) is 0.894. The first-order valence-electron chi connectivity index (χ1n) is 7.91. The molecule has 24 heavy (non-hydrogen) atoms. The molecule has 1 unspecified atom stereocenters. The number of nitrogens with zero attached hydrogens (tertiary/aromatic N) is 2. The molecule has 0 bridgehead atoms. The van der Waals surface area contributed by atoms with Crippen LogP contribution in [0.25, 0.3) is 0 Å². The zero-order valence-electron chi connectivity index (χ0n) is 13.5. The highest BCUT2D eigenvalue weighted by Crippen LogP contribution is 2.32. The van der Waals surface area contributed by atoms with Crippen molar-refractivity contribution >= 4 is 11.8 Å². The largest absolute Gasteiger partial charge is 0.496 e. The summed E-state index contributed by atoms with van der Waals surface area (Å²) in [5.74, 6) is -0.127. The van der Waals surface area contributed by atoms with Crippen LogP contribution in [0, 0.1) is 0 Å². The minimum absolute atomic E-state index is 0.0904. The molecule has 1 fully saturated rings. The van der Waals surface area contributed by atoms with E-state index in [9.17, 15) is 9.59 Å². The number of hydrogen-bond acceptors (Lipinski definition) is 4. The van der Waals surface area contributed by atoms with Crippen molar-refractivity contribution in [1.29, 1.82) is 0 Å². The average molecular weight is 328 g/mol. The van der Waals surface area contributed by atoms with Gasteiger partial charge in [0.15, 0.2) is 0 Å². The van der Waals surface area contributed by atoms with Gasteiger partial charge in [-0.2, -0.15) is 5.10 Å². The summed E-state index contributed by atoms with van der Waals surface area (Å²) in [6.45, 7) is 0.645. The Balaban J connectivity index is 1.91. The summed E-state index contributed by atoms with van der Waals surface area (Å²) in [6.07, 6.45) is 2.75. The molecule has 2 amide bonds. The van der Waals surface area contributed by atoms with Gasteiger partial charge in [-0.05, 0) is 37.5 Å². The Bertz CT molecular complexity index is 756. The number of H-pyrrole nitrogens is 1. The molecule has 1 saturated heterocycles. The van der Waals surface area contributed by atoms with E-state index >= 15 is 0 Å². The van der Waals surface area contributed by atoms with Gasteiger partial charge >= 0.3 is 0 Å². The Morgan fingerprint density at radius 1 is 1.33 bits per heavy atom. The maximum atomic E-state index is 13.0. The third kappa shape index (κ3) is 2.97. The number of nitrogens with two attached hydrogens (primary N) is 1. The molecule has 7 heteroatoms. The molecule has 3 N–H and O–H groups in total. The van der Waals surface area contributed by atoms with Crippen LogP contribution in [0.3, 0.4) is 0 Å². The van der Waals surface area contributed by atoms with Crippen molar-refractivity contribution in [3.8, 4) is 5.75 Å². The number of methoxy groups -OCH3 is 1. The van der Waals surface area contributed by atoms with Gasteiger partial charge in [0.1, 0.15) is 11.4 Å². The van der Waals surface area contributed by atoms with Crippen LogP contribution < -0.4 is 10.5 Å². The molecule has 1 atom stereocenters. The summed E-state index contributed by atoms with van der Waals surface area (Å²) < 4.78 is 5.30. The fourth-order valence-corrected chi connectivity index (χ4v) is 3.11. The zero-order valence-corrected chi connectivity index (χ0v) is 13.5. The number of hydrogen-bond donors (Lipinski definition) is 2. The van der Waals surface area contributed by atoms with Crippen molar-refractivity contribution in [2.24, 2.45) is 5.73 Å². The minimum atomic E-state index is -0.587. The Labute approximate surface area is 139 Å². The number of nitrogens with one attached hydrogen (secondary N) is 1. The van der Waals surface area contributed by atoms with E-state index in [1.54, 1.807) is 30.2 Å². The number of likely N-dealkylation sites (tertiary alicyclic amines) is 1. The molecule has 1 aliphatic rings. The molecule has 2 heterocycles. The summed E-state index contributed by atoms with van der Waals surface area (Å²) in [5, 5.41) is 6.77. The molecule has 2 aromatic rings. The lowest BCUT2D eigenvalue weighted by atomic mass is 9.97. The second-order valence-corrected chi connectivity index (χ2v) is 5.78. The SMILES string of the molecule is COc1ccccc1C(=O)N1CCCCC1c1cc(C(N)=O)n[nH]1. The third-order valence-electron chi connectivity index (χ3n) is 4.31. The summed E-state index contributed by atoms with van der Waals surface area (Å²) in [5.41, 5.74) is 6.70. The van der Waals surface area contributed by atoms with Crippen LogP contribution in [0.4, 0.5) is 0 Å². The fourth-order valence-electron chi connectivity index (χ4n) is 3.11. The van der Waals surface area contributed by atoms with Crippen molar-refractivity contribution in [1.82, 2.24) is 15.1 Å². The first-order chi connectivity index (χ1) is 11.6. The third-order valence-corrected chi connectivity index (χ3v) is 4.31. The molecule has 1 aromatic heterocycles. The lowest BCUT2D eigenvalue weighted by Crippen LogP contribution is -2.38. The van der Waals surface area contributed by atoms with Gasteiger partial charge in [-0.25, -0.2) is 0 Å². The normalized spacial score (nSPS) is 17.5. The van der Waals surface area contributed by atoms with Crippen LogP contribution in [0.2, 0.25) is 0 Å². The van der Waals surface area contributed by atoms with E-state index < -0.39 is 5.91 Å². The molecular formula is C17H20N4O3. The smallest absolute Gasteiger partial charge is 0.269 e. The number of ether oxygens (including phenoxy) is 1. The summed E-state index contributed by atoms with van der Waals surface area (Å²) in [7, 11) is 1.55. The lowest BCUT2D eigenvalue weighted by molar-refractivity contribution is 0.0602. The van der Waals surface area contributed by atoms with Crippen LogP contribution in [-0.4, -0.2) is 40.6 Å². The zero-order chi connectivity index (χ0) is 17.1. The molecular weight excluding hydrogens is 308 g/mol. The molecule has 1 aliphatic heterocycles.